The molecule has 0 saturated carbocycles. The topological polar surface area (TPSA) is 53.1 Å². The second kappa shape index (κ2) is 9.00. The quantitative estimate of drug-likeness (QED) is 0.397. The normalized spacial score (nSPS) is 21.1. The molecule has 0 aromatic heterocycles. The molecule has 0 atom stereocenters. The first-order chi connectivity index (χ1) is 11.5. The second-order valence-electron chi connectivity index (χ2n) is 5.41. The third kappa shape index (κ3) is 5.19. The van der Waals surface area contributed by atoms with Crippen LogP contribution in [0.3, 0.4) is 0 Å². The smallest absolute Gasteiger partial charge is 0.330 e. The van der Waals surface area contributed by atoms with Gasteiger partial charge in [-0.05, 0) is 25.4 Å². The number of nitrogens with zero attached hydrogens (tertiary/aromatic N) is 3. The maximum atomic E-state index is 12.3. The summed E-state index contributed by atoms with van der Waals surface area (Å²) in [7, 11) is 2.11. The zero-order chi connectivity index (χ0) is 17.5. The van der Waals surface area contributed by atoms with Crippen molar-refractivity contribution in [3.05, 3.63) is 35.9 Å². The van der Waals surface area contributed by atoms with E-state index in [4.69, 9.17) is 17.0 Å². The van der Waals surface area contributed by atoms with Crippen molar-refractivity contribution in [2.75, 3.05) is 46.4 Å². The second-order valence-corrected chi connectivity index (χ2v) is 7.08. The number of hydrogen-bond donors (Lipinski definition) is 0. The van der Waals surface area contributed by atoms with Gasteiger partial charge >= 0.3 is 5.97 Å². The summed E-state index contributed by atoms with van der Waals surface area (Å²) >= 11 is 6.48. The van der Waals surface area contributed by atoms with E-state index in [1.807, 2.05) is 12.3 Å². The molecule has 2 rings (SSSR count). The fraction of sp³-hybridized carbons (Fsp3) is 0.438. The predicted molar refractivity (Wildman–Crippen MR) is 99.4 cm³/mol. The molecule has 0 bridgehead atoms. The molecule has 0 aromatic rings. The number of rotatable bonds is 6. The Labute approximate surface area is 151 Å². The van der Waals surface area contributed by atoms with Crippen molar-refractivity contribution < 1.29 is 14.3 Å². The Morgan fingerprint density at radius 3 is 2.75 bits per heavy atom. The third-order valence-corrected chi connectivity index (χ3v) is 5.08. The van der Waals surface area contributed by atoms with Crippen LogP contribution in [0.5, 0.6) is 0 Å². The van der Waals surface area contributed by atoms with E-state index in [1.54, 1.807) is 6.08 Å². The number of thioether (sulfide) groups is 1. The Kier molecular flexibility index (Phi) is 7.01. The molecule has 0 spiro atoms. The number of piperazine rings is 1. The van der Waals surface area contributed by atoms with Crippen LogP contribution in [0.15, 0.2) is 35.9 Å². The fourth-order valence-corrected chi connectivity index (χ4v) is 3.49. The number of likely N-dealkylation sites (N-methyl/N-ethyl adjacent to an activating group) is 1. The highest BCUT2D eigenvalue weighted by Gasteiger charge is 2.31. The molecular formula is C16H21N3O3S2. The van der Waals surface area contributed by atoms with E-state index in [2.05, 4.69) is 23.4 Å². The number of allylic oxidation sites excluding steroid dienone is 2. The molecule has 2 saturated heterocycles. The highest BCUT2D eigenvalue weighted by atomic mass is 32.2. The summed E-state index contributed by atoms with van der Waals surface area (Å²) in [6.45, 7) is 7.71. The van der Waals surface area contributed by atoms with Gasteiger partial charge in [-0.2, -0.15) is 0 Å². The first-order valence-electron chi connectivity index (χ1n) is 7.65. The summed E-state index contributed by atoms with van der Waals surface area (Å²) < 4.78 is 5.37. The SMILES string of the molecule is C=CC(=O)OCCN1C(=O)/C(=C/C=C/N2CCN(C)CC2)SC1=S. The van der Waals surface area contributed by atoms with E-state index in [0.717, 1.165) is 32.3 Å². The number of amides is 1. The molecule has 2 heterocycles. The van der Waals surface area contributed by atoms with Crippen LogP contribution >= 0.6 is 24.0 Å². The van der Waals surface area contributed by atoms with Crippen molar-refractivity contribution in [3.63, 3.8) is 0 Å². The summed E-state index contributed by atoms with van der Waals surface area (Å²) in [4.78, 5) is 29.9. The van der Waals surface area contributed by atoms with Crippen molar-refractivity contribution in [3.8, 4) is 0 Å². The molecule has 0 radical (unpaired) electrons. The van der Waals surface area contributed by atoms with Crippen molar-refractivity contribution in [1.82, 2.24) is 14.7 Å². The van der Waals surface area contributed by atoms with Gasteiger partial charge in [0.05, 0.1) is 11.4 Å². The maximum absolute atomic E-state index is 12.3. The maximum Gasteiger partial charge on any atom is 0.330 e. The van der Waals surface area contributed by atoms with Gasteiger partial charge in [0.1, 0.15) is 10.9 Å². The van der Waals surface area contributed by atoms with E-state index in [0.29, 0.717) is 9.23 Å². The van der Waals surface area contributed by atoms with E-state index < -0.39 is 5.97 Å². The molecule has 1 amide bonds. The molecule has 0 N–H and O–H groups in total. The third-order valence-electron chi connectivity index (χ3n) is 3.68. The summed E-state index contributed by atoms with van der Waals surface area (Å²) in [6.07, 6.45) is 6.77. The minimum atomic E-state index is -0.508. The van der Waals surface area contributed by atoms with Gasteiger partial charge in [0, 0.05) is 32.3 Å². The largest absolute Gasteiger partial charge is 0.461 e. The van der Waals surface area contributed by atoms with Crippen LogP contribution in [-0.2, 0) is 14.3 Å². The van der Waals surface area contributed by atoms with Gasteiger partial charge < -0.3 is 14.5 Å². The summed E-state index contributed by atoms with van der Waals surface area (Å²) in [5, 5.41) is 0. The molecule has 2 aliphatic rings. The summed E-state index contributed by atoms with van der Waals surface area (Å²) in [6, 6.07) is 0. The lowest BCUT2D eigenvalue weighted by molar-refractivity contribution is -0.138. The minimum Gasteiger partial charge on any atom is -0.461 e. The lowest BCUT2D eigenvalue weighted by Gasteiger charge is -2.31. The van der Waals surface area contributed by atoms with Crippen LogP contribution in [0.25, 0.3) is 0 Å². The van der Waals surface area contributed by atoms with Crippen LogP contribution in [0, 0.1) is 0 Å². The van der Waals surface area contributed by atoms with Crippen LogP contribution in [0.1, 0.15) is 0 Å². The zero-order valence-electron chi connectivity index (χ0n) is 13.6. The Bertz CT molecular complexity index is 581. The molecule has 24 heavy (non-hydrogen) atoms. The molecule has 130 valence electrons. The first kappa shape index (κ1) is 18.7. The Morgan fingerprint density at radius 2 is 2.08 bits per heavy atom. The van der Waals surface area contributed by atoms with Gasteiger partial charge in [-0.25, -0.2) is 4.79 Å². The number of esters is 1. The highest BCUT2D eigenvalue weighted by molar-refractivity contribution is 8.26. The van der Waals surface area contributed by atoms with Crippen molar-refractivity contribution in [2.45, 2.75) is 0 Å². The molecule has 0 aliphatic carbocycles. The number of hydrogen-bond acceptors (Lipinski definition) is 7. The number of thiocarbonyl (C=S) groups is 1. The molecule has 0 unspecified atom stereocenters. The Hall–Kier alpha value is -1.64. The molecule has 6 nitrogen and oxygen atoms in total. The monoisotopic (exact) mass is 367 g/mol. The number of ether oxygens (including phenoxy) is 1. The summed E-state index contributed by atoms with van der Waals surface area (Å²) in [5.74, 6) is -0.659. The van der Waals surface area contributed by atoms with Gasteiger partial charge in [-0.1, -0.05) is 30.6 Å². The summed E-state index contributed by atoms with van der Waals surface area (Å²) in [5.41, 5.74) is 0. The average molecular weight is 367 g/mol. The lowest BCUT2D eigenvalue weighted by Crippen LogP contribution is -2.41. The Morgan fingerprint density at radius 1 is 1.38 bits per heavy atom. The molecule has 2 aliphatic heterocycles. The van der Waals surface area contributed by atoms with E-state index in [9.17, 15) is 9.59 Å². The van der Waals surface area contributed by atoms with E-state index in [-0.39, 0.29) is 19.1 Å². The van der Waals surface area contributed by atoms with Crippen molar-refractivity contribution >= 4 is 40.2 Å². The van der Waals surface area contributed by atoms with Crippen LogP contribution in [-0.4, -0.2) is 77.3 Å². The van der Waals surface area contributed by atoms with Crippen LogP contribution < -0.4 is 0 Å². The zero-order valence-corrected chi connectivity index (χ0v) is 15.3. The van der Waals surface area contributed by atoms with Gasteiger partial charge in [-0.3, -0.25) is 9.69 Å². The van der Waals surface area contributed by atoms with Gasteiger partial charge in [0.15, 0.2) is 0 Å². The predicted octanol–water partition coefficient (Wildman–Crippen LogP) is 1.22. The Balaban J connectivity index is 1.85. The molecular weight excluding hydrogens is 346 g/mol. The van der Waals surface area contributed by atoms with Crippen LogP contribution in [0.2, 0.25) is 0 Å². The van der Waals surface area contributed by atoms with Gasteiger partial charge in [-0.15, -0.1) is 0 Å². The number of carbonyl (C=O) groups is 2. The van der Waals surface area contributed by atoms with Crippen molar-refractivity contribution in [1.29, 1.82) is 0 Å². The van der Waals surface area contributed by atoms with Gasteiger partial charge in [0.25, 0.3) is 5.91 Å². The lowest BCUT2D eigenvalue weighted by atomic mass is 10.3. The molecule has 8 heteroatoms. The average Bonchev–Trinajstić information content (AvgIpc) is 2.84. The molecule has 0 aromatic carbocycles. The van der Waals surface area contributed by atoms with Crippen molar-refractivity contribution in [2.24, 2.45) is 0 Å². The standard InChI is InChI=1S/C16H21N3O3S2/c1-3-14(20)22-12-11-19-15(21)13(24-16(19)23)5-4-6-18-9-7-17(2)8-10-18/h3-6H,1,7-12H2,2H3/b6-4+,13-5-. The molecule has 2 fully saturated rings. The minimum absolute atomic E-state index is 0.0989. The highest BCUT2D eigenvalue weighted by Crippen LogP contribution is 2.30. The number of carbonyl (C=O) groups excluding carboxylic acids is 2. The van der Waals surface area contributed by atoms with Crippen LogP contribution in [0.4, 0.5) is 0 Å². The van der Waals surface area contributed by atoms with E-state index in [1.165, 1.54) is 16.7 Å². The van der Waals surface area contributed by atoms with Gasteiger partial charge in [0.2, 0.25) is 0 Å². The van der Waals surface area contributed by atoms with E-state index >= 15 is 0 Å². The first-order valence-corrected chi connectivity index (χ1v) is 8.87. The fourth-order valence-electron chi connectivity index (χ4n) is 2.23.